The predicted octanol–water partition coefficient (Wildman–Crippen LogP) is 2.14. The number of nitrogens with zero attached hydrogens (tertiary/aromatic N) is 1. The molecule has 1 aromatic rings. The van der Waals surface area contributed by atoms with Gasteiger partial charge < -0.3 is 15.7 Å². The smallest absolute Gasteiger partial charge is 0.319 e. The zero-order valence-electron chi connectivity index (χ0n) is 10.3. The number of carbonyl (C=O) groups excluding carboxylic acids is 1. The van der Waals surface area contributed by atoms with E-state index >= 15 is 0 Å². The normalized spacial score (nSPS) is 21.4. The Hall–Kier alpha value is -1.63. The minimum Gasteiger partial charge on any atom is -0.481 e. The number of rotatable bonds is 3. The molecule has 0 atom stereocenters. The van der Waals surface area contributed by atoms with Crippen LogP contribution in [0.4, 0.5) is 10.5 Å². The van der Waals surface area contributed by atoms with Gasteiger partial charge >= 0.3 is 12.0 Å². The number of nitrogens with one attached hydrogen (secondary N) is 2. The Labute approximate surface area is 118 Å². The highest BCUT2D eigenvalue weighted by atomic mass is 79.9. The van der Waals surface area contributed by atoms with Crippen molar-refractivity contribution in [1.82, 2.24) is 10.3 Å². The molecule has 0 saturated heterocycles. The lowest BCUT2D eigenvalue weighted by Gasteiger charge is -2.32. The molecule has 0 unspecified atom stereocenters. The van der Waals surface area contributed by atoms with Crippen LogP contribution in [0.15, 0.2) is 16.7 Å². The van der Waals surface area contributed by atoms with Gasteiger partial charge in [0.15, 0.2) is 0 Å². The van der Waals surface area contributed by atoms with Gasteiger partial charge in [-0.15, -0.1) is 0 Å². The van der Waals surface area contributed by atoms with E-state index in [0.717, 1.165) is 10.2 Å². The van der Waals surface area contributed by atoms with E-state index in [9.17, 15) is 9.59 Å². The topological polar surface area (TPSA) is 91.3 Å². The van der Waals surface area contributed by atoms with E-state index in [1.165, 1.54) is 0 Å². The van der Waals surface area contributed by atoms with Crippen LogP contribution in [0.2, 0.25) is 0 Å². The molecule has 1 heterocycles. The zero-order chi connectivity index (χ0) is 14.0. The molecule has 6 nitrogen and oxygen atoms in total. The van der Waals surface area contributed by atoms with Crippen molar-refractivity contribution in [3.05, 3.63) is 22.4 Å². The Balaban J connectivity index is 1.85. The highest BCUT2D eigenvalue weighted by Crippen LogP contribution is 2.27. The third-order valence-corrected chi connectivity index (χ3v) is 3.56. The number of hydrogen-bond acceptors (Lipinski definition) is 3. The molecule has 1 aliphatic rings. The van der Waals surface area contributed by atoms with Crippen LogP contribution in [0.5, 0.6) is 0 Å². The number of amides is 2. The molecule has 0 aliphatic heterocycles. The summed E-state index contributed by atoms with van der Waals surface area (Å²) in [5.41, 5.74) is 1.34. The summed E-state index contributed by atoms with van der Waals surface area (Å²) in [4.78, 5) is 26.5. The number of hydrogen-bond donors (Lipinski definition) is 3. The maximum atomic E-state index is 11.7. The lowest BCUT2D eigenvalue weighted by molar-refractivity contribution is -0.145. The molecule has 2 amide bonds. The number of carboxylic acids is 1. The summed E-state index contributed by atoms with van der Waals surface area (Å²) in [5, 5.41) is 14.2. The van der Waals surface area contributed by atoms with Gasteiger partial charge in [-0.25, -0.2) is 4.79 Å². The van der Waals surface area contributed by atoms with Crippen LogP contribution >= 0.6 is 15.9 Å². The van der Waals surface area contributed by atoms with Gasteiger partial charge in [-0.1, -0.05) is 0 Å². The van der Waals surface area contributed by atoms with Crippen LogP contribution in [0.1, 0.15) is 18.5 Å². The van der Waals surface area contributed by atoms with E-state index in [4.69, 9.17) is 5.11 Å². The second-order valence-electron chi connectivity index (χ2n) is 4.59. The first-order valence-corrected chi connectivity index (χ1v) is 6.67. The second-order valence-corrected chi connectivity index (χ2v) is 5.50. The van der Waals surface area contributed by atoms with Crippen molar-refractivity contribution in [3.63, 3.8) is 0 Å². The van der Waals surface area contributed by atoms with Crippen molar-refractivity contribution in [2.75, 3.05) is 5.32 Å². The van der Waals surface area contributed by atoms with Crippen LogP contribution in [0.3, 0.4) is 0 Å². The van der Waals surface area contributed by atoms with Crippen LogP contribution in [0.25, 0.3) is 0 Å². The van der Waals surface area contributed by atoms with E-state index in [-0.39, 0.29) is 18.0 Å². The molecule has 2 rings (SSSR count). The minimum absolute atomic E-state index is 0.0680. The van der Waals surface area contributed by atoms with E-state index in [1.807, 2.05) is 0 Å². The van der Waals surface area contributed by atoms with Crippen molar-refractivity contribution >= 4 is 33.6 Å². The number of halogens is 1. The van der Waals surface area contributed by atoms with Crippen LogP contribution < -0.4 is 10.6 Å². The maximum absolute atomic E-state index is 11.7. The zero-order valence-corrected chi connectivity index (χ0v) is 11.9. The average Bonchev–Trinajstić information content (AvgIpc) is 2.27. The molecule has 0 radical (unpaired) electrons. The number of aliphatic carboxylic acids is 1. The SMILES string of the molecule is Cc1ncc(Br)cc1NC(=O)NC1CC(C(=O)O)C1. The van der Waals surface area contributed by atoms with Gasteiger partial charge in [-0.05, 0) is 41.8 Å². The Morgan fingerprint density at radius 2 is 2.16 bits per heavy atom. The molecule has 102 valence electrons. The van der Waals surface area contributed by atoms with Gasteiger partial charge in [-0.2, -0.15) is 0 Å². The summed E-state index contributed by atoms with van der Waals surface area (Å²) in [6, 6.07) is 1.36. The van der Waals surface area contributed by atoms with Gasteiger partial charge in [0.2, 0.25) is 0 Å². The quantitative estimate of drug-likeness (QED) is 0.793. The fourth-order valence-electron chi connectivity index (χ4n) is 1.92. The number of urea groups is 1. The van der Waals surface area contributed by atoms with E-state index in [1.54, 1.807) is 19.2 Å². The van der Waals surface area contributed by atoms with Crippen molar-refractivity contribution in [3.8, 4) is 0 Å². The summed E-state index contributed by atoms with van der Waals surface area (Å²) < 4.78 is 0.781. The summed E-state index contributed by atoms with van der Waals surface area (Å²) in [5.74, 6) is -1.13. The minimum atomic E-state index is -0.800. The summed E-state index contributed by atoms with van der Waals surface area (Å²) in [6.07, 6.45) is 2.62. The number of carbonyl (C=O) groups is 2. The summed E-state index contributed by atoms with van der Waals surface area (Å²) >= 11 is 3.29. The van der Waals surface area contributed by atoms with Gasteiger partial charge in [0, 0.05) is 16.7 Å². The third-order valence-electron chi connectivity index (χ3n) is 3.12. The largest absolute Gasteiger partial charge is 0.481 e. The predicted molar refractivity (Wildman–Crippen MR) is 73.0 cm³/mol. The Morgan fingerprint density at radius 1 is 1.47 bits per heavy atom. The third kappa shape index (κ3) is 3.44. The van der Waals surface area contributed by atoms with Gasteiger partial charge in [0.25, 0.3) is 0 Å². The molecule has 1 aliphatic carbocycles. The van der Waals surface area contributed by atoms with Crippen LogP contribution in [-0.4, -0.2) is 28.1 Å². The summed E-state index contributed by atoms with van der Waals surface area (Å²) in [6.45, 7) is 1.80. The van der Waals surface area contributed by atoms with Gasteiger partial charge in [0.1, 0.15) is 0 Å². The molecule has 19 heavy (non-hydrogen) atoms. The number of aryl methyl sites for hydroxylation is 1. The van der Waals surface area contributed by atoms with Crippen LogP contribution in [0, 0.1) is 12.8 Å². The Kier molecular flexibility index (Phi) is 4.04. The fourth-order valence-corrected chi connectivity index (χ4v) is 2.25. The molecule has 7 heteroatoms. The van der Waals surface area contributed by atoms with Crippen molar-refractivity contribution < 1.29 is 14.7 Å². The van der Waals surface area contributed by atoms with Crippen molar-refractivity contribution in [2.24, 2.45) is 5.92 Å². The lowest BCUT2D eigenvalue weighted by Crippen LogP contribution is -2.48. The Morgan fingerprint density at radius 3 is 2.79 bits per heavy atom. The molecule has 0 spiro atoms. The monoisotopic (exact) mass is 327 g/mol. The molecule has 0 aromatic carbocycles. The highest BCUT2D eigenvalue weighted by molar-refractivity contribution is 9.10. The summed E-state index contributed by atoms with van der Waals surface area (Å²) in [7, 11) is 0. The van der Waals surface area contributed by atoms with Crippen molar-refractivity contribution in [1.29, 1.82) is 0 Å². The number of pyridine rings is 1. The highest BCUT2D eigenvalue weighted by Gasteiger charge is 2.35. The number of anilines is 1. The molecular formula is C12H14BrN3O3. The first-order chi connectivity index (χ1) is 8.95. The first-order valence-electron chi connectivity index (χ1n) is 5.88. The van der Waals surface area contributed by atoms with Gasteiger partial charge in [0.05, 0.1) is 17.3 Å². The molecule has 1 saturated carbocycles. The van der Waals surface area contributed by atoms with E-state index in [2.05, 4.69) is 31.5 Å². The lowest BCUT2D eigenvalue weighted by atomic mass is 9.80. The first kappa shape index (κ1) is 13.8. The molecular weight excluding hydrogens is 314 g/mol. The molecule has 1 fully saturated rings. The van der Waals surface area contributed by atoms with Crippen LogP contribution in [-0.2, 0) is 4.79 Å². The van der Waals surface area contributed by atoms with Crippen molar-refractivity contribution in [2.45, 2.75) is 25.8 Å². The Bertz CT molecular complexity index is 515. The molecule has 0 bridgehead atoms. The van der Waals surface area contributed by atoms with Gasteiger partial charge in [-0.3, -0.25) is 9.78 Å². The second kappa shape index (κ2) is 5.56. The maximum Gasteiger partial charge on any atom is 0.319 e. The standard InChI is InChI=1S/C12H14BrN3O3/c1-6-10(4-8(13)5-14-6)16-12(19)15-9-2-7(3-9)11(17)18/h4-5,7,9H,2-3H2,1H3,(H,17,18)(H2,15,16,19). The molecule has 3 N–H and O–H groups in total. The number of carboxylic acid groups (broad SMARTS) is 1. The fraction of sp³-hybridized carbons (Fsp3) is 0.417. The molecule has 1 aromatic heterocycles. The van der Waals surface area contributed by atoms with E-state index < -0.39 is 5.97 Å². The van der Waals surface area contributed by atoms with E-state index in [0.29, 0.717) is 18.5 Å². The number of aromatic nitrogens is 1. The average molecular weight is 328 g/mol.